The zero-order valence-corrected chi connectivity index (χ0v) is 20.5. The molecule has 184 valence electrons. The second-order valence-electron chi connectivity index (χ2n) is 9.22. The molecule has 35 heavy (non-hydrogen) atoms. The molecule has 2 fully saturated rings. The van der Waals surface area contributed by atoms with Crippen LogP contribution in [0.15, 0.2) is 42.0 Å². The van der Waals surface area contributed by atoms with Gasteiger partial charge in [-0.1, -0.05) is 18.2 Å². The van der Waals surface area contributed by atoms with Gasteiger partial charge in [-0.15, -0.1) is 0 Å². The molecule has 0 radical (unpaired) electrons. The summed E-state index contributed by atoms with van der Waals surface area (Å²) in [6.07, 6.45) is 4.08. The van der Waals surface area contributed by atoms with Crippen molar-refractivity contribution in [1.82, 2.24) is 14.4 Å². The molecule has 2 aliphatic heterocycles. The molecule has 2 aliphatic rings. The van der Waals surface area contributed by atoms with Crippen molar-refractivity contribution < 1.29 is 14.3 Å². The molecule has 0 bridgehead atoms. The van der Waals surface area contributed by atoms with Crippen molar-refractivity contribution >= 4 is 23.6 Å². The van der Waals surface area contributed by atoms with E-state index in [4.69, 9.17) is 4.74 Å². The molecule has 8 heteroatoms. The highest BCUT2D eigenvalue weighted by molar-refractivity contribution is 6.02. The average Bonchev–Trinajstić information content (AvgIpc) is 3.47. The molecule has 1 atom stereocenters. The van der Waals surface area contributed by atoms with Gasteiger partial charge >= 0.3 is 0 Å². The summed E-state index contributed by atoms with van der Waals surface area (Å²) in [7, 11) is 0. The standard InChI is InChI=1S/C27H33N5O3/c1-20-15-22(21(2)32(20)18-25-9-6-14-35-25)16-23(17-28)27(34)31-12-10-30(11-13-31)19-26(33)29-24-7-4-3-5-8-24/h3-5,7-8,15-16,25H,6,9-14,18-19H2,1-2H3,(H,29,33)/b23-16+. The Hall–Kier alpha value is -3.41. The van der Waals surface area contributed by atoms with E-state index >= 15 is 0 Å². The number of rotatable bonds is 7. The molecule has 0 aliphatic carbocycles. The molecule has 0 saturated carbocycles. The lowest BCUT2D eigenvalue weighted by molar-refractivity contribution is -0.128. The lowest BCUT2D eigenvalue weighted by Crippen LogP contribution is -2.50. The largest absolute Gasteiger partial charge is 0.376 e. The van der Waals surface area contributed by atoms with Crippen molar-refractivity contribution in [3.05, 3.63) is 58.9 Å². The minimum atomic E-state index is -0.259. The van der Waals surface area contributed by atoms with Crippen molar-refractivity contribution in [2.75, 3.05) is 44.6 Å². The number of aromatic nitrogens is 1. The van der Waals surface area contributed by atoms with Crippen molar-refractivity contribution in [2.24, 2.45) is 0 Å². The number of carbonyl (C=O) groups excluding carboxylic acids is 2. The van der Waals surface area contributed by atoms with Gasteiger partial charge in [-0.3, -0.25) is 14.5 Å². The third-order valence-corrected chi connectivity index (χ3v) is 6.76. The van der Waals surface area contributed by atoms with E-state index in [1.54, 1.807) is 11.0 Å². The van der Waals surface area contributed by atoms with Crippen LogP contribution < -0.4 is 5.32 Å². The maximum absolute atomic E-state index is 13.1. The van der Waals surface area contributed by atoms with Gasteiger partial charge in [-0.2, -0.15) is 5.26 Å². The number of amides is 2. The predicted molar refractivity (Wildman–Crippen MR) is 135 cm³/mol. The van der Waals surface area contributed by atoms with Crippen LogP contribution in [-0.2, 0) is 20.9 Å². The summed E-state index contributed by atoms with van der Waals surface area (Å²) < 4.78 is 7.99. The number of benzene rings is 1. The molecule has 0 spiro atoms. The van der Waals surface area contributed by atoms with Crippen LogP contribution in [0.25, 0.3) is 6.08 Å². The molecule has 3 heterocycles. The van der Waals surface area contributed by atoms with Gasteiger partial charge in [-0.05, 0) is 56.5 Å². The number of ether oxygens (including phenoxy) is 1. The van der Waals surface area contributed by atoms with Gasteiger partial charge < -0.3 is 19.5 Å². The smallest absolute Gasteiger partial charge is 0.264 e. The summed E-state index contributed by atoms with van der Waals surface area (Å²) in [4.78, 5) is 29.1. The fourth-order valence-electron chi connectivity index (χ4n) is 4.75. The minimum Gasteiger partial charge on any atom is -0.376 e. The lowest BCUT2D eigenvalue weighted by Gasteiger charge is -2.34. The number of carbonyl (C=O) groups is 2. The minimum absolute atomic E-state index is 0.0769. The van der Waals surface area contributed by atoms with Crippen molar-refractivity contribution in [3.8, 4) is 6.07 Å². The number of piperazine rings is 1. The molecule has 1 aromatic heterocycles. The van der Waals surface area contributed by atoms with E-state index in [1.165, 1.54) is 0 Å². The van der Waals surface area contributed by atoms with Gasteiger partial charge in [0.25, 0.3) is 5.91 Å². The normalized spacial score (nSPS) is 18.9. The maximum atomic E-state index is 13.1. The molecule has 2 saturated heterocycles. The Morgan fingerprint density at radius 1 is 1.17 bits per heavy atom. The van der Waals surface area contributed by atoms with E-state index in [1.807, 2.05) is 55.1 Å². The number of nitriles is 1. The van der Waals surface area contributed by atoms with Crippen LogP contribution >= 0.6 is 0 Å². The molecule has 1 N–H and O–H groups in total. The molecular weight excluding hydrogens is 442 g/mol. The van der Waals surface area contributed by atoms with E-state index in [9.17, 15) is 14.9 Å². The first-order chi connectivity index (χ1) is 16.9. The first kappa shape index (κ1) is 24.7. The summed E-state index contributed by atoms with van der Waals surface area (Å²) in [6, 6.07) is 13.5. The number of para-hydroxylation sites is 1. The second-order valence-corrected chi connectivity index (χ2v) is 9.22. The third kappa shape index (κ3) is 6.18. The van der Waals surface area contributed by atoms with Gasteiger partial charge in [-0.25, -0.2) is 0 Å². The lowest BCUT2D eigenvalue weighted by atomic mass is 10.1. The van der Waals surface area contributed by atoms with Gasteiger partial charge in [0.05, 0.1) is 12.6 Å². The molecule has 8 nitrogen and oxygen atoms in total. The van der Waals surface area contributed by atoms with E-state index in [2.05, 4.69) is 16.0 Å². The van der Waals surface area contributed by atoms with Crippen LogP contribution in [0, 0.1) is 25.2 Å². The first-order valence-electron chi connectivity index (χ1n) is 12.2. The Kier molecular flexibility index (Phi) is 8.01. The van der Waals surface area contributed by atoms with Crippen molar-refractivity contribution in [2.45, 2.75) is 39.3 Å². The average molecular weight is 476 g/mol. The number of nitrogens with one attached hydrogen (secondary N) is 1. The summed E-state index contributed by atoms with van der Waals surface area (Å²) >= 11 is 0. The molecule has 4 rings (SSSR count). The Balaban J connectivity index is 1.34. The highest BCUT2D eigenvalue weighted by Gasteiger charge is 2.25. The zero-order chi connectivity index (χ0) is 24.8. The van der Waals surface area contributed by atoms with Crippen LogP contribution in [0.5, 0.6) is 0 Å². The zero-order valence-electron chi connectivity index (χ0n) is 20.5. The van der Waals surface area contributed by atoms with Crippen LogP contribution in [0.3, 0.4) is 0 Å². The number of nitrogens with zero attached hydrogens (tertiary/aromatic N) is 4. The van der Waals surface area contributed by atoms with E-state index in [0.717, 1.165) is 48.6 Å². The Bertz CT molecular complexity index is 1120. The second kappa shape index (κ2) is 11.3. The molecule has 1 unspecified atom stereocenters. The van der Waals surface area contributed by atoms with Crippen LogP contribution in [0.4, 0.5) is 5.69 Å². The van der Waals surface area contributed by atoms with Crippen LogP contribution in [0.2, 0.25) is 0 Å². The summed E-state index contributed by atoms with van der Waals surface area (Å²) in [6.45, 7) is 8.07. The Labute approximate surface area is 206 Å². The van der Waals surface area contributed by atoms with Crippen molar-refractivity contribution in [3.63, 3.8) is 0 Å². The number of aryl methyl sites for hydroxylation is 1. The Morgan fingerprint density at radius 2 is 1.91 bits per heavy atom. The summed E-state index contributed by atoms with van der Waals surface area (Å²) in [5, 5.41) is 12.6. The van der Waals surface area contributed by atoms with Gasteiger partial charge in [0, 0.05) is 56.4 Å². The highest BCUT2D eigenvalue weighted by Crippen LogP contribution is 2.22. The number of anilines is 1. The topological polar surface area (TPSA) is 90.6 Å². The van der Waals surface area contributed by atoms with E-state index < -0.39 is 0 Å². The third-order valence-electron chi connectivity index (χ3n) is 6.76. The molecule has 2 amide bonds. The monoisotopic (exact) mass is 475 g/mol. The van der Waals surface area contributed by atoms with Gasteiger partial charge in [0.15, 0.2) is 0 Å². The van der Waals surface area contributed by atoms with Crippen molar-refractivity contribution in [1.29, 1.82) is 5.26 Å². The fourth-order valence-corrected chi connectivity index (χ4v) is 4.75. The number of hydrogen-bond donors (Lipinski definition) is 1. The van der Waals surface area contributed by atoms with E-state index in [-0.39, 0.29) is 30.0 Å². The first-order valence-corrected chi connectivity index (χ1v) is 12.2. The van der Waals surface area contributed by atoms with Crippen LogP contribution in [-0.4, -0.2) is 71.6 Å². The quantitative estimate of drug-likeness (QED) is 0.491. The summed E-state index contributed by atoms with van der Waals surface area (Å²) in [5.41, 5.74) is 3.92. The Morgan fingerprint density at radius 3 is 2.57 bits per heavy atom. The molecule has 2 aromatic rings. The number of hydrogen-bond acceptors (Lipinski definition) is 5. The van der Waals surface area contributed by atoms with E-state index in [0.29, 0.717) is 26.2 Å². The molecular formula is C27H33N5O3. The highest BCUT2D eigenvalue weighted by atomic mass is 16.5. The SMILES string of the molecule is Cc1cc(/C=C(\C#N)C(=O)N2CCN(CC(=O)Nc3ccccc3)CC2)c(C)n1CC1CCCO1. The van der Waals surface area contributed by atoms with Gasteiger partial charge in [0.1, 0.15) is 11.6 Å². The predicted octanol–water partition coefficient (Wildman–Crippen LogP) is 2.97. The fraction of sp³-hybridized carbons (Fsp3) is 0.444. The van der Waals surface area contributed by atoms with Gasteiger partial charge in [0.2, 0.25) is 5.91 Å². The maximum Gasteiger partial charge on any atom is 0.264 e. The van der Waals surface area contributed by atoms with Crippen LogP contribution in [0.1, 0.15) is 29.8 Å². The summed E-state index contributed by atoms with van der Waals surface area (Å²) in [5.74, 6) is -0.336. The molecule has 1 aromatic carbocycles.